The van der Waals surface area contributed by atoms with Crippen molar-refractivity contribution in [3.63, 3.8) is 0 Å². The van der Waals surface area contributed by atoms with Crippen LogP contribution in [-0.4, -0.2) is 41.3 Å². The largest absolute Gasteiger partial charge is 0.366 e. The van der Waals surface area contributed by atoms with E-state index in [4.69, 9.17) is 14.2 Å². The zero-order valence-electron chi connectivity index (χ0n) is 17.7. The van der Waals surface area contributed by atoms with Crippen LogP contribution < -0.4 is 0 Å². The van der Waals surface area contributed by atoms with Crippen LogP contribution in [0.5, 0.6) is 0 Å². The van der Waals surface area contributed by atoms with Gasteiger partial charge < -0.3 is 24.1 Å². The van der Waals surface area contributed by atoms with Crippen molar-refractivity contribution in [2.75, 3.05) is 0 Å². The van der Waals surface area contributed by atoms with Crippen molar-refractivity contribution in [2.24, 2.45) is 0 Å². The lowest BCUT2D eigenvalue weighted by atomic mass is 9.99. The number of carbonyl (C=O) groups excluding carboxylic acids is 1. The van der Waals surface area contributed by atoms with Crippen LogP contribution in [-0.2, 0) is 25.4 Å². The quantitative estimate of drug-likeness (QED) is 0.447. The number of aryl methyl sites for hydroxylation is 1. The molecule has 1 fully saturated rings. The van der Waals surface area contributed by atoms with Gasteiger partial charge in [0.25, 0.3) is 0 Å². The Morgan fingerprint density at radius 2 is 1.89 bits per heavy atom. The van der Waals surface area contributed by atoms with Crippen LogP contribution >= 0.6 is 0 Å². The van der Waals surface area contributed by atoms with E-state index < -0.39 is 17.7 Å². The van der Waals surface area contributed by atoms with Crippen LogP contribution in [0.1, 0.15) is 71.8 Å². The smallest absolute Gasteiger partial charge is 0.164 e. The van der Waals surface area contributed by atoms with Crippen LogP contribution in [0.25, 0.3) is 0 Å². The maximum absolute atomic E-state index is 11.1. The van der Waals surface area contributed by atoms with Gasteiger partial charge in [-0.25, -0.2) is 0 Å². The molecule has 3 atom stereocenters. The third-order valence-electron chi connectivity index (χ3n) is 4.87. The first-order valence-corrected chi connectivity index (χ1v) is 10.4. The maximum atomic E-state index is 11.1. The van der Waals surface area contributed by atoms with Gasteiger partial charge in [-0.05, 0) is 71.8 Å². The monoisotopic (exact) mass is 392 g/mol. The Balaban J connectivity index is 1.80. The van der Waals surface area contributed by atoms with Crippen LogP contribution in [0.2, 0.25) is 0 Å². The molecular weight excluding hydrogens is 356 g/mol. The van der Waals surface area contributed by atoms with Gasteiger partial charge in [0.1, 0.15) is 12.4 Å². The van der Waals surface area contributed by atoms with Gasteiger partial charge in [-0.15, -0.1) is 0 Å². The Kier molecular flexibility index (Phi) is 8.62. The SMILES string of the molecule is CC(C)(O)OC(CCCc1ccccc1)CCCC1CC(C=O)OC(C)(C)O1. The van der Waals surface area contributed by atoms with Crippen molar-refractivity contribution in [3.8, 4) is 0 Å². The van der Waals surface area contributed by atoms with E-state index in [0.717, 1.165) is 44.8 Å². The van der Waals surface area contributed by atoms with E-state index in [1.54, 1.807) is 13.8 Å². The summed E-state index contributed by atoms with van der Waals surface area (Å²) in [5.41, 5.74) is 1.32. The molecule has 1 N–H and O–H groups in total. The summed E-state index contributed by atoms with van der Waals surface area (Å²) in [6, 6.07) is 10.4. The van der Waals surface area contributed by atoms with E-state index in [1.807, 2.05) is 19.9 Å². The summed E-state index contributed by atoms with van der Waals surface area (Å²) in [7, 11) is 0. The van der Waals surface area contributed by atoms with E-state index in [0.29, 0.717) is 6.42 Å². The molecule has 0 radical (unpaired) electrons. The minimum absolute atomic E-state index is 0.00145. The van der Waals surface area contributed by atoms with Gasteiger partial charge in [-0.1, -0.05) is 30.3 Å². The zero-order chi connectivity index (χ0) is 20.6. The molecule has 1 aliphatic rings. The van der Waals surface area contributed by atoms with Gasteiger partial charge in [0.15, 0.2) is 11.6 Å². The Morgan fingerprint density at radius 3 is 2.54 bits per heavy atom. The normalized spacial score (nSPS) is 23.3. The second-order valence-electron chi connectivity index (χ2n) is 8.66. The Morgan fingerprint density at radius 1 is 1.21 bits per heavy atom. The topological polar surface area (TPSA) is 65.0 Å². The molecule has 3 unspecified atom stereocenters. The molecule has 1 aromatic carbocycles. The molecule has 0 spiro atoms. The summed E-state index contributed by atoms with van der Waals surface area (Å²) >= 11 is 0. The number of carbonyl (C=O) groups is 1. The molecule has 0 amide bonds. The minimum Gasteiger partial charge on any atom is -0.366 e. The van der Waals surface area contributed by atoms with E-state index in [9.17, 15) is 9.90 Å². The van der Waals surface area contributed by atoms with E-state index in [2.05, 4.69) is 24.3 Å². The molecule has 1 heterocycles. The number of hydrogen-bond acceptors (Lipinski definition) is 5. The minimum atomic E-state index is -1.14. The fourth-order valence-electron chi connectivity index (χ4n) is 3.83. The van der Waals surface area contributed by atoms with Crippen molar-refractivity contribution in [3.05, 3.63) is 35.9 Å². The first kappa shape index (κ1) is 23.0. The standard InChI is InChI=1S/C23H36O5/c1-22(2,25)26-19(13-8-12-18-10-6-5-7-11-18)14-9-15-20-16-21(17-24)28-23(3,4)27-20/h5-7,10-11,17,19-21,25H,8-9,12-16H2,1-4H3. The highest BCUT2D eigenvalue weighted by Crippen LogP contribution is 2.29. The molecule has 2 rings (SSSR count). The highest BCUT2D eigenvalue weighted by Gasteiger charge is 2.35. The third-order valence-corrected chi connectivity index (χ3v) is 4.87. The van der Waals surface area contributed by atoms with Gasteiger partial charge in [0.05, 0.1) is 12.2 Å². The van der Waals surface area contributed by atoms with Gasteiger partial charge >= 0.3 is 0 Å². The molecule has 0 bridgehead atoms. The van der Waals surface area contributed by atoms with E-state index in [1.165, 1.54) is 5.56 Å². The molecule has 0 aromatic heterocycles. The lowest BCUT2D eigenvalue weighted by molar-refractivity contribution is -0.292. The number of benzene rings is 1. The van der Waals surface area contributed by atoms with Gasteiger partial charge in [0, 0.05) is 6.42 Å². The molecule has 5 heteroatoms. The van der Waals surface area contributed by atoms with Gasteiger partial charge in [0.2, 0.25) is 0 Å². The molecule has 0 saturated carbocycles. The first-order valence-electron chi connectivity index (χ1n) is 10.4. The number of rotatable bonds is 11. The maximum Gasteiger partial charge on any atom is 0.164 e. The summed E-state index contributed by atoms with van der Waals surface area (Å²) in [6.45, 7) is 7.05. The summed E-state index contributed by atoms with van der Waals surface area (Å²) in [5, 5.41) is 10.1. The highest BCUT2D eigenvalue weighted by atomic mass is 16.7. The first-order chi connectivity index (χ1) is 13.2. The Bertz CT molecular complexity index is 578. The van der Waals surface area contributed by atoms with Crippen molar-refractivity contribution >= 4 is 6.29 Å². The number of hydrogen-bond donors (Lipinski definition) is 1. The molecule has 1 saturated heterocycles. The van der Waals surface area contributed by atoms with Crippen LogP contribution in [0.4, 0.5) is 0 Å². The van der Waals surface area contributed by atoms with Crippen molar-refractivity contribution in [1.29, 1.82) is 0 Å². The van der Waals surface area contributed by atoms with Gasteiger partial charge in [-0.2, -0.15) is 0 Å². The van der Waals surface area contributed by atoms with E-state index >= 15 is 0 Å². The predicted molar refractivity (Wildman–Crippen MR) is 109 cm³/mol. The average Bonchev–Trinajstić information content (AvgIpc) is 2.60. The summed E-state index contributed by atoms with van der Waals surface area (Å²) in [5.74, 6) is -1.87. The number of ether oxygens (including phenoxy) is 3. The van der Waals surface area contributed by atoms with Crippen molar-refractivity contribution in [2.45, 2.75) is 103 Å². The molecule has 1 aliphatic heterocycles. The van der Waals surface area contributed by atoms with Crippen LogP contribution in [0.15, 0.2) is 30.3 Å². The number of aliphatic hydroxyl groups is 1. The van der Waals surface area contributed by atoms with E-state index in [-0.39, 0.29) is 12.2 Å². The second kappa shape index (κ2) is 10.5. The van der Waals surface area contributed by atoms with Crippen molar-refractivity contribution in [1.82, 2.24) is 0 Å². The highest BCUT2D eigenvalue weighted by molar-refractivity contribution is 5.56. The molecule has 0 aliphatic carbocycles. The Labute approximate surface area is 169 Å². The molecule has 28 heavy (non-hydrogen) atoms. The fraction of sp³-hybridized carbons (Fsp3) is 0.696. The van der Waals surface area contributed by atoms with Gasteiger partial charge in [-0.3, -0.25) is 0 Å². The second-order valence-corrected chi connectivity index (χ2v) is 8.66. The summed E-state index contributed by atoms with van der Waals surface area (Å²) in [6.07, 6.45) is 6.59. The predicted octanol–water partition coefficient (Wildman–Crippen LogP) is 4.40. The Hall–Kier alpha value is -1.27. The zero-order valence-corrected chi connectivity index (χ0v) is 17.7. The molecule has 158 valence electrons. The van der Waals surface area contributed by atoms with Crippen LogP contribution in [0, 0.1) is 0 Å². The number of aldehydes is 1. The average molecular weight is 393 g/mol. The summed E-state index contributed by atoms with van der Waals surface area (Å²) < 4.78 is 17.4. The van der Waals surface area contributed by atoms with Crippen molar-refractivity contribution < 1.29 is 24.1 Å². The molecular formula is C23H36O5. The lowest BCUT2D eigenvalue weighted by Gasteiger charge is -2.39. The molecule has 1 aromatic rings. The van der Waals surface area contributed by atoms with Crippen LogP contribution in [0.3, 0.4) is 0 Å². The molecule has 5 nitrogen and oxygen atoms in total. The third kappa shape index (κ3) is 8.82. The fourth-order valence-corrected chi connectivity index (χ4v) is 3.83. The lowest BCUT2D eigenvalue weighted by Crippen LogP contribution is -2.45. The summed E-state index contributed by atoms with van der Waals surface area (Å²) in [4.78, 5) is 11.1.